The molecule has 1 aliphatic heterocycles. The van der Waals surface area contributed by atoms with Crippen LogP contribution in [0.4, 0.5) is 0 Å². The van der Waals surface area contributed by atoms with E-state index in [9.17, 15) is 5.11 Å². The summed E-state index contributed by atoms with van der Waals surface area (Å²) in [5, 5.41) is 14.9. The van der Waals surface area contributed by atoms with Crippen molar-refractivity contribution in [3.05, 3.63) is 29.0 Å². The standard InChI is InChI=1S/C14H16ClN3O3/c1-8-16-14(9-3-4-13(20-2)10(15)5-9)17-18(8)11-6-21-7-12(11)19/h3-5,11-12,19H,6-7H2,1-2H3/t11-,12-/m1/s1. The van der Waals surface area contributed by atoms with E-state index in [1.54, 1.807) is 23.9 Å². The predicted molar refractivity (Wildman–Crippen MR) is 77.6 cm³/mol. The third kappa shape index (κ3) is 2.62. The summed E-state index contributed by atoms with van der Waals surface area (Å²) < 4.78 is 12.1. The van der Waals surface area contributed by atoms with E-state index >= 15 is 0 Å². The van der Waals surface area contributed by atoms with Crippen molar-refractivity contribution in [2.45, 2.75) is 19.1 Å². The maximum absolute atomic E-state index is 9.91. The largest absolute Gasteiger partial charge is 0.495 e. The first-order chi connectivity index (χ1) is 10.1. The van der Waals surface area contributed by atoms with Gasteiger partial charge in [0.15, 0.2) is 5.82 Å². The first-order valence-electron chi connectivity index (χ1n) is 6.63. The number of hydrogen-bond acceptors (Lipinski definition) is 5. The zero-order valence-electron chi connectivity index (χ0n) is 11.8. The van der Waals surface area contributed by atoms with E-state index in [0.717, 1.165) is 11.4 Å². The SMILES string of the molecule is COc1ccc(-c2nc(C)n([C@@H]3COC[C@H]3O)n2)cc1Cl. The van der Waals surface area contributed by atoms with E-state index in [1.807, 2.05) is 13.0 Å². The zero-order valence-corrected chi connectivity index (χ0v) is 12.5. The van der Waals surface area contributed by atoms with Gasteiger partial charge in [0.1, 0.15) is 23.7 Å². The summed E-state index contributed by atoms with van der Waals surface area (Å²) in [6.45, 7) is 2.62. The first-order valence-corrected chi connectivity index (χ1v) is 7.01. The Bertz CT molecular complexity index is 659. The van der Waals surface area contributed by atoms with Crippen LogP contribution in [0.1, 0.15) is 11.9 Å². The number of aromatic nitrogens is 3. The van der Waals surface area contributed by atoms with Gasteiger partial charge in [0.05, 0.1) is 25.3 Å². The van der Waals surface area contributed by atoms with Gasteiger partial charge in [0.2, 0.25) is 0 Å². The topological polar surface area (TPSA) is 69.4 Å². The molecule has 7 heteroatoms. The maximum atomic E-state index is 9.91. The van der Waals surface area contributed by atoms with Gasteiger partial charge in [-0.15, -0.1) is 0 Å². The highest BCUT2D eigenvalue weighted by molar-refractivity contribution is 6.32. The second kappa shape index (κ2) is 5.63. The highest BCUT2D eigenvalue weighted by atomic mass is 35.5. The molecule has 0 saturated carbocycles. The smallest absolute Gasteiger partial charge is 0.181 e. The molecule has 0 spiro atoms. The monoisotopic (exact) mass is 309 g/mol. The van der Waals surface area contributed by atoms with Crippen molar-refractivity contribution in [3.63, 3.8) is 0 Å². The number of hydrogen-bond donors (Lipinski definition) is 1. The summed E-state index contributed by atoms with van der Waals surface area (Å²) >= 11 is 6.13. The summed E-state index contributed by atoms with van der Waals surface area (Å²) in [6, 6.07) is 5.20. The Morgan fingerprint density at radius 1 is 1.43 bits per heavy atom. The molecule has 21 heavy (non-hydrogen) atoms. The van der Waals surface area contributed by atoms with Gasteiger partial charge in [-0.3, -0.25) is 0 Å². The average molecular weight is 310 g/mol. The summed E-state index contributed by atoms with van der Waals surface area (Å²) in [5.74, 6) is 1.90. The van der Waals surface area contributed by atoms with Crippen LogP contribution in [0, 0.1) is 6.92 Å². The summed E-state index contributed by atoms with van der Waals surface area (Å²) in [5.41, 5.74) is 0.802. The van der Waals surface area contributed by atoms with Crippen molar-refractivity contribution in [1.29, 1.82) is 0 Å². The van der Waals surface area contributed by atoms with Crippen LogP contribution in [0.3, 0.4) is 0 Å². The van der Waals surface area contributed by atoms with Gasteiger partial charge < -0.3 is 14.6 Å². The molecule has 1 aliphatic rings. The van der Waals surface area contributed by atoms with Gasteiger partial charge in [-0.2, -0.15) is 5.10 Å². The van der Waals surface area contributed by atoms with Gasteiger partial charge >= 0.3 is 0 Å². The summed E-state index contributed by atoms with van der Waals surface area (Å²) in [7, 11) is 1.57. The fraction of sp³-hybridized carbons (Fsp3) is 0.429. The maximum Gasteiger partial charge on any atom is 0.181 e. The normalized spacial score (nSPS) is 21.7. The number of aryl methyl sites for hydroxylation is 1. The Morgan fingerprint density at radius 2 is 2.24 bits per heavy atom. The quantitative estimate of drug-likeness (QED) is 0.937. The Kier molecular flexibility index (Phi) is 3.84. The van der Waals surface area contributed by atoms with Gasteiger partial charge in [0, 0.05) is 5.56 Å². The second-order valence-electron chi connectivity index (χ2n) is 4.95. The fourth-order valence-electron chi connectivity index (χ4n) is 2.41. The predicted octanol–water partition coefficient (Wildman–Crippen LogP) is 1.85. The second-order valence-corrected chi connectivity index (χ2v) is 5.36. The zero-order chi connectivity index (χ0) is 15.0. The van der Waals surface area contributed by atoms with E-state index in [0.29, 0.717) is 29.8 Å². The number of nitrogens with zero attached hydrogens (tertiary/aromatic N) is 3. The van der Waals surface area contributed by atoms with Crippen LogP contribution in [0.25, 0.3) is 11.4 Å². The number of halogens is 1. The lowest BCUT2D eigenvalue weighted by molar-refractivity contribution is 0.117. The fourth-order valence-corrected chi connectivity index (χ4v) is 2.67. The molecule has 0 aliphatic carbocycles. The molecule has 2 atom stereocenters. The van der Waals surface area contributed by atoms with Crippen molar-refractivity contribution in [2.75, 3.05) is 20.3 Å². The van der Waals surface area contributed by atoms with Crippen LogP contribution in [0.5, 0.6) is 5.75 Å². The lowest BCUT2D eigenvalue weighted by Gasteiger charge is -2.13. The van der Waals surface area contributed by atoms with Gasteiger partial charge in [-0.1, -0.05) is 11.6 Å². The van der Waals surface area contributed by atoms with Crippen LogP contribution in [0.2, 0.25) is 5.02 Å². The van der Waals surface area contributed by atoms with Crippen molar-refractivity contribution in [1.82, 2.24) is 14.8 Å². The van der Waals surface area contributed by atoms with E-state index in [4.69, 9.17) is 21.1 Å². The van der Waals surface area contributed by atoms with Crippen molar-refractivity contribution >= 4 is 11.6 Å². The minimum Gasteiger partial charge on any atom is -0.495 e. The molecule has 0 unspecified atom stereocenters. The Hall–Kier alpha value is -1.63. The Labute approximate surface area is 127 Å². The number of ether oxygens (including phenoxy) is 2. The number of aliphatic hydroxyl groups is 1. The van der Waals surface area contributed by atoms with Crippen molar-refractivity contribution < 1.29 is 14.6 Å². The number of methoxy groups -OCH3 is 1. The number of benzene rings is 1. The van der Waals surface area contributed by atoms with E-state index < -0.39 is 6.10 Å². The minimum atomic E-state index is -0.558. The summed E-state index contributed by atoms with van der Waals surface area (Å²) in [4.78, 5) is 4.44. The molecule has 0 amide bonds. The number of aliphatic hydroxyl groups excluding tert-OH is 1. The Morgan fingerprint density at radius 3 is 2.86 bits per heavy atom. The molecule has 2 aromatic rings. The lowest BCUT2D eigenvalue weighted by atomic mass is 10.2. The van der Waals surface area contributed by atoms with Gasteiger partial charge in [-0.25, -0.2) is 9.67 Å². The van der Waals surface area contributed by atoms with E-state index in [2.05, 4.69) is 10.1 Å². The van der Waals surface area contributed by atoms with Gasteiger partial charge in [0.25, 0.3) is 0 Å². The average Bonchev–Trinajstić information content (AvgIpc) is 3.04. The highest BCUT2D eigenvalue weighted by Gasteiger charge is 2.30. The van der Waals surface area contributed by atoms with Crippen molar-refractivity contribution in [3.8, 4) is 17.1 Å². The molecule has 6 nitrogen and oxygen atoms in total. The third-order valence-electron chi connectivity index (χ3n) is 3.55. The van der Waals surface area contributed by atoms with Crippen LogP contribution in [-0.4, -0.2) is 46.3 Å². The number of rotatable bonds is 3. The minimum absolute atomic E-state index is 0.194. The summed E-state index contributed by atoms with van der Waals surface area (Å²) in [6.07, 6.45) is -0.558. The lowest BCUT2D eigenvalue weighted by Crippen LogP contribution is -2.24. The van der Waals surface area contributed by atoms with Crippen LogP contribution in [0.15, 0.2) is 18.2 Å². The van der Waals surface area contributed by atoms with Crippen LogP contribution in [-0.2, 0) is 4.74 Å². The molecule has 1 N–H and O–H groups in total. The van der Waals surface area contributed by atoms with E-state index in [-0.39, 0.29) is 6.04 Å². The molecule has 1 aromatic carbocycles. The molecule has 2 heterocycles. The van der Waals surface area contributed by atoms with E-state index in [1.165, 1.54) is 0 Å². The molecule has 0 bridgehead atoms. The molecular formula is C14H16ClN3O3. The van der Waals surface area contributed by atoms with Crippen molar-refractivity contribution in [2.24, 2.45) is 0 Å². The molecule has 1 saturated heterocycles. The molecule has 1 aromatic heterocycles. The molecule has 112 valence electrons. The Balaban J connectivity index is 1.95. The molecule has 1 fully saturated rings. The first kappa shape index (κ1) is 14.3. The molecule has 0 radical (unpaired) electrons. The highest BCUT2D eigenvalue weighted by Crippen LogP contribution is 2.29. The van der Waals surface area contributed by atoms with Gasteiger partial charge in [-0.05, 0) is 25.1 Å². The molecule has 3 rings (SSSR count). The molecular weight excluding hydrogens is 294 g/mol. The van der Waals surface area contributed by atoms with Crippen LogP contribution >= 0.6 is 11.6 Å². The van der Waals surface area contributed by atoms with Crippen LogP contribution < -0.4 is 4.74 Å². The third-order valence-corrected chi connectivity index (χ3v) is 3.84.